The molecule has 2 atom stereocenters. The van der Waals surface area contributed by atoms with Crippen LogP contribution in [0.3, 0.4) is 0 Å². The van der Waals surface area contributed by atoms with Crippen LogP contribution < -0.4 is 0 Å². The summed E-state index contributed by atoms with van der Waals surface area (Å²) in [6.45, 7) is 11.5. The van der Waals surface area contributed by atoms with E-state index in [0.29, 0.717) is 13.0 Å². The number of amides is 1. The van der Waals surface area contributed by atoms with Gasteiger partial charge in [0.1, 0.15) is 17.6 Å². The van der Waals surface area contributed by atoms with Crippen LogP contribution in [0.4, 0.5) is 4.79 Å². The molecule has 1 heterocycles. The van der Waals surface area contributed by atoms with Crippen LogP contribution in [0.15, 0.2) is 0 Å². The van der Waals surface area contributed by atoms with Crippen molar-refractivity contribution in [3.8, 4) is 0 Å². The van der Waals surface area contributed by atoms with Crippen molar-refractivity contribution in [1.29, 1.82) is 0 Å². The van der Waals surface area contributed by atoms with Crippen LogP contribution >= 0.6 is 0 Å². The minimum absolute atomic E-state index is 0.0480. The van der Waals surface area contributed by atoms with E-state index in [-0.39, 0.29) is 12.0 Å². The number of nitrogens with zero attached hydrogens (tertiary/aromatic N) is 1. The molecule has 0 N–H and O–H groups in total. The predicted molar refractivity (Wildman–Crippen MR) is 71.7 cm³/mol. The predicted octanol–water partition coefficient (Wildman–Crippen LogP) is 2.58. The maximum absolute atomic E-state index is 12.3. The van der Waals surface area contributed by atoms with Gasteiger partial charge in [0.15, 0.2) is 0 Å². The highest BCUT2D eigenvalue weighted by Crippen LogP contribution is 2.33. The molecule has 1 aliphatic rings. The van der Waals surface area contributed by atoms with Gasteiger partial charge in [0.2, 0.25) is 0 Å². The summed E-state index contributed by atoms with van der Waals surface area (Å²) < 4.78 is 11.1. The van der Waals surface area contributed by atoms with Crippen LogP contribution in [0.25, 0.3) is 0 Å². The van der Waals surface area contributed by atoms with Crippen LogP contribution in [0.2, 0.25) is 0 Å². The molecule has 1 amide bonds. The Morgan fingerprint density at radius 1 is 1.53 bits per heavy atom. The van der Waals surface area contributed by atoms with E-state index < -0.39 is 17.4 Å². The highest BCUT2D eigenvalue weighted by atomic mass is 16.6. The van der Waals surface area contributed by atoms with Gasteiger partial charge < -0.3 is 14.3 Å². The highest BCUT2D eigenvalue weighted by Gasteiger charge is 2.47. The maximum atomic E-state index is 12.3. The molecule has 0 aromatic heterocycles. The topological polar surface area (TPSA) is 55.8 Å². The molecule has 0 aromatic rings. The SMILES string of the molecule is C[C@H](CC=O)[C@H]1COC(C)(C)N1C(=O)OC(C)(C)C. The van der Waals surface area contributed by atoms with Crippen LogP contribution in [-0.4, -0.2) is 41.3 Å². The number of hydrogen-bond acceptors (Lipinski definition) is 4. The molecule has 1 rings (SSSR count). The molecular formula is C14H25NO4. The summed E-state index contributed by atoms with van der Waals surface area (Å²) in [4.78, 5) is 24.6. The lowest BCUT2D eigenvalue weighted by molar-refractivity contribution is -0.109. The molecule has 0 spiro atoms. The molecule has 0 aliphatic carbocycles. The number of carbonyl (C=O) groups is 2. The molecule has 0 saturated carbocycles. The van der Waals surface area contributed by atoms with E-state index in [4.69, 9.17) is 9.47 Å². The monoisotopic (exact) mass is 271 g/mol. The summed E-state index contributed by atoms with van der Waals surface area (Å²) >= 11 is 0. The number of ether oxygens (including phenoxy) is 2. The minimum Gasteiger partial charge on any atom is -0.444 e. The van der Waals surface area contributed by atoms with Gasteiger partial charge in [0.05, 0.1) is 12.6 Å². The fourth-order valence-corrected chi connectivity index (χ4v) is 2.23. The van der Waals surface area contributed by atoms with Gasteiger partial charge in [0.25, 0.3) is 0 Å². The number of hydrogen-bond donors (Lipinski definition) is 0. The van der Waals surface area contributed by atoms with Crippen LogP contribution in [-0.2, 0) is 14.3 Å². The lowest BCUT2D eigenvalue weighted by Crippen LogP contribution is -2.51. The van der Waals surface area contributed by atoms with Crippen LogP contribution in [0.5, 0.6) is 0 Å². The molecule has 5 nitrogen and oxygen atoms in total. The molecule has 110 valence electrons. The van der Waals surface area contributed by atoms with Gasteiger partial charge in [-0.2, -0.15) is 0 Å². The van der Waals surface area contributed by atoms with Crippen molar-refractivity contribution in [3.05, 3.63) is 0 Å². The second-order valence-electron chi connectivity index (χ2n) is 6.56. The van der Waals surface area contributed by atoms with Gasteiger partial charge in [-0.25, -0.2) is 4.79 Å². The van der Waals surface area contributed by atoms with E-state index >= 15 is 0 Å². The normalized spacial score (nSPS) is 24.1. The number of carbonyl (C=O) groups excluding carboxylic acids is 2. The smallest absolute Gasteiger partial charge is 0.412 e. The molecule has 0 radical (unpaired) electrons. The zero-order valence-electron chi connectivity index (χ0n) is 12.7. The van der Waals surface area contributed by atoms with Gasteiger partial charge in [-0.1, -0.05) is 6.92 Å². The first-order chi connectivity index (χ1) is 8.58. The second-order valence-corrected chi connectivity index (χ2v) is 6.56. The van der Waals surface area contributed by atoms with Gasteiger partial charge in [0, 0.05) is 6.42 Å². The van der Waals surface area contributed by atoms with Crippen molar-refractivity contribution in [2.24, 2.45) is 5.92 Å². The third-order valence-electron chi connectivity index (χ3n) is 3.23. The molecule has 1 fully saturated rings. The van der Waals surface area contributed by atoms with Crippen molar-refractivity contribution in [1.82, 2.24) is 4.90 Å². The molecule has 0 bridgehead atoms. The zero-order chi connectivity index (χ0) is 14.8. The first kappa shape index (κ1) is 16.0. The Bertz CT molecular complexity index is 346. The first-order valence-electron chi connectivity index (χ1n) is 6.68. The van der Waals surface area contributed by atoms with Crippen molar-refractivity contribution in [3.63, 3.8) is 0 Å². The first-order valence-corrected chi connectivity index (χ1v) is 6.68. The minimum atomic E-state index is -0.704. The van der Waals surface area contributed by atoms with E-state index in [9.17, 15) is 9.59 Å². The average Bonchev–Trinajstić information content (AvgIpc) is 2.51. The second kappa shape index (κ2) is 5.49. The Morgan fingerprint density at radius 2 is 2.11 bits per heavy atom. The van der Waals surface area contributed by atoms with E-state index in [1.54, 1.807) is 4.90 Å². The summed E-state index contributed by atoms with van der Waals surface area (Å²) in [6.07, 6.45) is 0.893. The molecule has 5 heteroatoms. The van der Waals surface area contributed by atoms with Gasteiger partial charge in [-0.05, 0) is 40.5 Å². The third-order valence-corrected chi connectivity index (χ3v) is 3.23. The summed E-state index contributed by atoms with van der Waals surface area (Å²) in [7, 11) is 0. The van der Waals surface area contributed by atoms with Gasteiger partial charge >= 0.3 is 6.09 Å². The van der Waals surface area contributed by atoms with Gasteiger partial charge in [-0.3, -0.25) is 4.90 Å². The van der Waals surface area contributed by atoms with Crippen LogP contribution in [0, 0.1) is 5.92 Å². The quantitative estimate of drug-likeness (QED) is 0.740. The highest BCUT2D eigenvalue weighted by molar-refractivity contribution is 5.70. The Kier molecular flexibility index (Phi) is 4.61. The average molecular weight is 271 g/mol. The van der Waals surface area contributed by atoms with Crippen molar-refractivity contribution >= 4 is 12.4 Å². The Labute approximate surface area is 115 Å². The van der Waals surface area contributed by atoms with E-state index in [1.165, 1.54) is 0 Å². The van der Waals surface area contributed by atoms with E-state index in [1.807, 2.05) is 41.5 Å². The van der Waals surface area contributed by atoms with Crippen molar-refractivity contribution < 1.29 is 19.1 Å². The third kappa shape index (κ3) is 3.93. The standard InChI is InChI=1S/C14H25NO4/c1-10(7-8-16)11-9-18-14(5,6)15(11)12(17)19-13(2,3)4/h8,10-11H,7,9H2,1-6H3/t10-,11-/m1/s1. The largest absolute Gasteiger partial charge is 0.444 e. The van der Waals surface area contributed by atoms with E-state index in [0.717, 1.165) is 6.29 Å². The van der Waals surface area contributed by atoms with E-state index in [2.05, 4.69) is 0 Å². The summed E-state index contributed by atoms with van der Waals surface area (Å²) in [5, 5.41) is 0. The number of aldehydes is 1. The molecule has 1 saturated heterocycles. The fourth-order valence-electron chi connectivity index (χ4n) is 2.23. The van der Waals surface area contributed by atoms with Crippen molar-refractivity contribution in [2.75, 3.05) is 6.61 Å². The molecule has 1 aliphatic heterocycles. The zero-order valence-corrected chi connectivity index (χ0v) is 12.7. The number of rotatable bonds is 3. The lowest BCUT2D eigenvalue weighted by atomic mass is 9.98. The van der Waals surface area contributed by atoms with Crippen LogP contribution in [0.1, 0.15) is 48.0 Å². The Hall–Kier alpha value is -1.10. The molecule has 19 heavy (non-hydrogen) atoms. The Morgan fingerprint density at radius 3 is 2.58 bits per heavy atom. The van der Waals surface area contributed by atoms with Crippen molar-refractivity contribution in [2.45, 2.75) is 65.3 Å². The maximum Gasteiger partial charge on any atom is 0.412 e. The summed E-state index contributed by atoms with van der Waals surface area (Å²) in [5.74, 6) is 0.0480. The fraction of sp³-hybridized carbons (Fsp3) is 0.857. The van der Waals surface area contributed by atoms with Gasteiger partial charge in [-0.15, -0.1) is 0 Å². The summed E-state index contributed by atoms with van der Waals surface area (Å²) in [5.41, 5.74) is -1.25. The lowest BCUT2D eigenvalue weighted by Gasteiger charge is -2.36. The molecule has 0 aromatic carbocycles. The summed E-state index contributed by atoms with van der Waals surface area (Å²) in [6, 6.07) is -0.130. The molecule has 0 unspecified atom stereocenters. The molecular weight excluding hydrogens is 246 g/mol. The Balaban J connectivity index is 2.89.